The van der Waals surface area contributed by atoms with Crippen molar-refractivity contribution < 1.29 is 8.42 Å². The molecule has 0 unspecified atom stereocenters. The van der Waals surface area contributed by atoms with Crippen molar-refractivity contribution in [1.82, 2.24) is 4.72 Å². The lowest BCUT2D eigenvalue weighted by molar-refractivity contribution is 0.323. The van der Waals surface area contributed by atoms with Gasteiger partial charge in [-0.3, -0.25) is 0 Å². The van der Waals surface area contributed by atoms with Gasteiger partial charge in [0.15, 0.2) is 0 Å². The number of sulfonamides is 1. The summed E-state index contributed by atoms with van der Waals surface area (Å²) in [6.07, 6.45) is 7.80. The minimum atomic E-state index is -3.14. The molecule has 4 nitrogen and oxygen atoms in total. The maximum atomic E-state index is 12.0. The highest BCUT2D eigenvalue weighted by Crippen LogP contribution is 2.27. The molecule has 1 aromatic carbocycles. The van der Waals surface area contributed by atoms with Gasteiger partial charge in [0.05, 0.1) is 5.25 Å². The summed E-state index contributed by atoms with van der Waals surface area (Å²) in [6, 6.07) is 6.90. The molecule has 0 aromatic heterocycles. The summed E-state index contributed by atoms with van der Waals surface area (Å²) >= 11 is 0. The van der Waals surface area contributed by atoms with Gasteiger partial charge in [-0.2, -0.15) is 0 Å². The third kappa shape index (κ3) is 4.31. The van der Waals surface area contributed by atoms with E-state index in [1.807, 2.05) is 0 Å². The van der Waals surface area contributed by atoms with E-state index in [0.717, 1.165) is 32.2 Å². The van der Waals surface area contributed by atoms with Crippen molar-refractivity contribution in [3.8, 4) is 0 Å². The second-order valence-electron chi connectivity index (χ2n) is 7.65. The molecule has 0 spiro atoms. The van der Waals surface area contributed by atoms with Crippen LogP contribution >= 0.6 is 0 Å². The normalized spacial score (nSPS) is 24.1. The third-order valence-corrected chi connectivity index (χ3v) is 7.39. The van der Waals surface area contributed by atoms with Crippen molar-refractivity contribution >= 4 is 15.7 Å². The van der Waals surface area contributed by atoms with Crippen LogP contribution in [0.4, 0.5) is 5.69 Å². The van der Waals surface area contributed by atoms with E-state index in [9.17, 15) is 8.42 Å². The zero-order valence-corrected chi connectivity index (χ0v) is 15.7. The van der Waals surface area contributed by atoms with Crippen molar-refractivity contribution in [2.24, 2.45) is 5.92 Å². The quantitative estimate of drug-likeness (QED) is 0.826. The fourth-order valence-electron chi connectivity index (χ4n) is 3.80. The van der Waals surface area contributed by atoms with Gasteiger partial charge in [-0.15, -0.1) is 0 Å². The van der Waals surface area contributed by atoms with Crippen molar-refractivity contribution in [3.05, 3.63) is 29.3 Å². The van der Waals surface area contributed by atoms with Gasteiger partial charge in [-0.1, -0.05) is 6.07 Å². The highest BCUT2D eigenvalue weighted by atomic mass is 32.2. The molecule has 5 heteroatoms. The van der Waals surface area contributed by atoms with E-state index in [2.05, 4.69) is 28.2 Å². The number of fused-ring (bicyclic) bond motifs is 1. The molecule has 24 heavy (non-hydrogen) atoms. The lowest BCUT2D eigenvalue weighted by Gasteiger charge is -2.29. The smallest absolute Gasteiger partial charge is 0.214 e. The summed E-state index contributed by atoms with van der Waals surface area (Å²) in [6.45, 7) is 4.45. The van der Waals surface area contributed by atoms with E-state index in [0.29, 0.717) is 5.92 Å². The van der Waals surface area contributed by atoms with Crippen LogP contribution < -0.4 is 10.0 Å². The summed E-state index contributed by atoms with van der Waals surface area (Å²) in [5.41, 5.74) is 4.25. The van der Waals surface area contributed by atoms with Gasteiger partial charge < -0.3 is 5.32 Å². The molecule has 0 saturated heterocycles. The molecule has 1 fully saturated rings. The SMILES string of the molecule is CC(C)S(=O)(=O)NC1CCC(CNc2ccc3c(c2)CCC3)CC1. The molecule has 0 bridgehead atoms. The second-order valence-corrected chi connectivity index (χ2v) is 9.92. The topological polar surface area (TPSA) is 58.2 Å². The van der Waals surface area contributed by atoms with Gasteiger partial charge in [0.25, 0.3) is 0 Å². The highest BCUT2D eigenvalue weighted by Gasteiger charge is 2.26. The molecule has 1 aromatic rings. The Morgan fingerprint density at radius 3 is 2.50 bits per heavy atom. The van der Waals surface area contributed by atoms with Crippen LogP contribution in [0.3, 0.4) is 0 Å². The number of nitrogens with one attached hydrogen (secondary N) is 2. The van der Waals surface area contributed by atoms with Crippen LogP contribution in [0.2, 0.25) is 0 Å². The highest BCUT2D eigenvalue weighted by molar-refractivity contribution is 7.90. The first-order chi connectivity index (χ1) is 11.4. The van der Waals surface area contributed by atoms with Crippen molar-refractivity contribution in [2.45, 2.75) is 70.1 Å². The molecular formula is C19H30N2O2S. The summed E-state index contributed by atoms with van der Waals surface area (Å²) < 4.78 is 26.8. The zero-order valence-electron chi connectivity index (χ0n) is 14.8. The van der Waals surface area contributed by atoms with E-state index in [1.165, 1.54) is 36.1 Å². The number of benzene rings is 1. The van der Waals surface area contributed by atoms with E-state index >= 15 is 0 Å². The molecule has 2 N–H and O–H groups in total. The first kappa shape index (κ1) is 17.7. The number of hydrogen-bond donors (Lipinski definition) is 2. The van der Waals surface area contributed by atoms with E-state index in [1.54, 1.807) is 13.8 Å². The van der Waals surface area contributed by atoms with Crippen LogP contribution in [0.25, 0.3) is 0 Å². The maximum absolute atomic E-state index is 12.0. The number of rotatable bonds is 6. The maximum Gasteiger partial charge on any atom is 0.214 e. The minimum absolute atomic E-state index is 0.119. The van der Waals surface area contributed by atoms with E-state index in [4.69, 9.17) is 0 Å². The molecule has 1 saturated carbocycles. The zero-order chi connectivity index (χ0) is 17.2. The predicted octanol–water partition coefficient (Wildman–Crippen LogP) is 3.47. The molecule has 0 atom stereocenters. The minimum Gasteiger partial charge on any atom is -0.385 e. The van der Waals surface area contributed by atoms with Gasteiger partial charge in [-0.25, -0.2) is 13.1 Å². The summed E-state index contributed by atoms with van der Waals surface area (Å²) in [7, 11) is -3.14. The standard InChI is InChI=1S/C19H30N2O2S/c1-14(2)24(22,23)21-18-9-6-15(7-10-18)13-20-19-11-8-16-4-3-5-17(16)12-19/h8,11-12,14-15,18,20-21H,3-7,9-10,13H2,1-2H3. The summed E-state index contributed by atoms with van der Waals surface area (Å²) in [4.78, 5) is 0. The van der Waals surface area contributed by atoms with Crippen LogP contribution in [-0.4, -0.2) is 26.3 Å². The fraction of sp³-hybridized carbons (Fsp3) is 0.684. The molecule has 2 aliphatic carbocycles. The molecule has 134 valence electrons. The molecule has 2 aliphatic rings. The Morgan fingerprint density at radius 2 is 1.79 bits per heavy atom. The Bertz CT molecular complexity index is 662. The number of hydrogen-bond acceptors (Lipinski definition) is 3. The van der Waals surface area contributed by atoms with Gasteiger partial charge in [-0.05, 0) is 88.0 Å². The van der Waals surface area contributed by atoms with Crippen molar-refractivity contribution in [3.63, 3.8) is 0 Å². The van der Waals surface area contributed by atoms with E-state index in [-0.39, 0.29) is 11.3 Å². The molecule has 0 radical (unpaired) electrons. The van der Waals surface area contributed by atoms with E-state index < -0.39 is 10.0 Å². The third-order valence-electron chi connectivity index (χ3n) is 5.49. The average Bonchev–Trinajstić information content (AvgIpc) is 3.01. The first-order valence-electron chi connectivity index (χ1n) is 9.31. The molecule has 0 heterocycles. The van der Waals surface area contributed by atoms with Crippen LogP contribution in [-0.2, 0) is 22.9 Å². The van der Waals surface area contributed by atoms with Gasteiger partial charge >= 0.3 is 0 Å². The van der Waals surface area contributed by atoms with Crippen LogP contribution in [0.15, 0.2) is 18.2 Å². The Balaban J connectivity index is 1.44. The average molecular weight is 351 g/mol. The molecule has 3 rings (SSSR count). The van der Waals surface area contributed by atoms with Crippen LogP contribution in [0, 0.1) is 5.92 Å². The monoisotopic (exact) mass is 350 g/mol. The van der Waals surface area contributed by atoms with Gasteiger partial charge in [0, 0.05) is 18.3 Å². The van der Waals surface area contributed by atoms with Crippen LogP contribution in [0.5, 0.6) is 0 Å². The molecular weight excluding hydrogens is 320 g/mol. The van der Waals surface area contributed by atoms with Crippen molar-refractivity contribution in [1.29, 1.82) is 0 Å². The largest absolute Gasteiger partial charge is 0.385 e. The second kappa shape index (κ2) is 7.44. The van der Waals surface area contributed by atoms with Gasteiger partial charge in [0.1, 0.15) is 0 Å². The molecule has 0 aliphatic heterocycles. The molecule has 0 amide bonds. The Labute approximate surface area is 146 Å². The Kier molecular flexibility index (Phi) is 5.50. The first-order valence-corrected chi connectivity index (χ1v) is 10.9. The lowest BCUT2D eigenvalue weighted by Crippen LogP contribution is -2.41. The Hall–Kier alpha value is -1.07. The summed E-state index contributed by atoms with van der Waals surface area (Å²) in [5.74, 6) is 0.637. The number of aryl methyl sites for hydroxylation is 2. The Morgan fingerprint density at radius 1 is 1.08 bits per heavy atom. The lowest BCUT2D eigenvalue weighted by atomic mass is 9.86. The summed E-state index contributed by atoms with van der Waals surface area (Å²) in [5, 5.41) is 3.24. The van der Waals surface area contributed by atoms with Gasteiger partial charge in [0.2, 0.25) is 10.0 Å². The van der Waals surface area contributed by atoms with Crippen molar-refractivity contribution in [2.75, 3.05) is 11.9 Å². The fourth-order valence-corrected chi connectivity index (χ4v) is 4.77. The predicted molar refractivity (Wildman–Crippen MR) is 99.9 cm³/mol. The van der Waals surface area contributed by atoms with Crippen LogP contribution in [0.1, 0.15) is 57.1 Å². The number of anilines is 1.